The molecule has 0 aliphatic carbocycles. The van der Waals surface area contributed by atoms with Gasteiger partial charge in [-0.2, -0.15) is 15.6 Å². The lowest BCUT2D eigenvalue weighted by Crippen LogP contribution is -2.10. The van der Waals surface area contributed by atoms with E-state index in [4.69, 9.17) is 15.3 Å². The lowest BCUT2D eigenvalue weighted by Gasteiger charge is -2.11. The van der Waals surface area contributed by atoms with Crippen molar-refractivity contribution in [1.82, 2.24) is 0 Å². The first-order chi connectivity index (χ1) is 9.39. The number of ether oxygens (including phenoxy) is 1. The van der Waals surface area contributed by atoms with Gasteiger partial charge in [0.2, 0.25) is 15.7 Å². The molecule has 9 heteroatoms. The van der Waals surface area contributed by atoms with E-state index in [0.717, 1.165) is 6.26 Å². The molecule has 8 nitrogen and oxygen atoms in total. The monoisotopic (exact) mass is 293 g/mol. The van der Waals surface area contributed by atoms with Gasteiger partial charge >= 0.3 is 0 Å². The summed E-state index contributed by atoms with van der Waals surface area (Å²) in [6, 6.07) is 7.68. The molecule has 1 aromatic carbocycles. The van der Waals surface area contributed by atoms with Crippen LogP contribution in [0.25, 0.3) is 0 Å². The average Bonchev–Trinajstić information content (AvgIpc) is 2.38. The summed E-state index contributed by atoms with van der Waals surface area (Å²) in [7, 11) is -2.07. The predicted molar refractivity (Wildman–Crippen MR) is 73.7 cm³/mol. The smallest absolute Gasteiger partial charge is 0.237 e. The van der Waals surface area contributed by atoms with Gasteiger partial charge in [0.05, 0.1) is 24.7 Å². The number of benzene rings is 1. The normalized spacial score (nSPS) is 9.80. The quantitative estimate of drug-likeness (QED) is 0.612. The molecule has 0 atom stereocenters. The Morgan fingerprint density at radius 1 is 1.35 bits per heavy atom. The van der Waals surface area contributed by atoms with Crippen LogP contribution in [0.2, 0.25) is 0 Å². The lowest BCUT2D eigenvalue weighted by molar-refractivity contribution is 0.417. The first-order valence-corrected chi connectivity index (χ1v) is 7.08. The fourth-order valence-corrected chi connectivity index (χ4v) is 1.81. The maximum Gasteiger partial charge on any atom is 0.237 e. The molecular formula is C11H11N5O3S. The van der Waals surface area contributed by atoms with E-state index in [1.165, 1.54) is 19.2 Å². The molecule has 0 spiro atoms. The summed E-state index contributed by atoms with van der Waals surface area (Å²) >= 11 is 0. The van der Waals surface area contributed by atoms with E-state index < -0.39 is 10.0 Å². The van der Waals surface area contributed by atoms with Crippen LogP contribution in [0, 0.1) is 22.7 Å². The highest BCUT2D eigenvalue weighted by Gasteiger charge is 2.09. The first kappa shape index (κ1) is 15.3. The SMILES string of the molecule is COc1ccc(NN=C(C#N)C#N)cc1NS(C)(=O)=O. The molecule has 1 aromatic rings. The van der Waals surface area contributed by atoms with Crippen molar-refractivity contribution in [2.75, 3.05) is 23.5 Å². The molecule has 0 aliphatic rings. The number of methoxy groups -OCH3 is 1. The maximum atomic E-state index is 11.2. The molecular weight excluding hydrogens is 282 g/mol. The van der Waals surface area contributed by atoms with E-state index in [0.29, 0.717) is 11.4 Å². The number of nitrogens with one attached hydrogen (secondary N) is 2. The fourth-order valence-electron chi connectivity index (χ4n) is 1.25. The molecule has 0 fully saturated rings. The van der Waals surface area contributed by atoms with Crippen LogP contribution < -0.4 is 14.9 Å². The molecule has 0 amide bonds. The summed E-state index contributed by atoms with van der Waals surface area (Å²) in [4.78, 5) is 0. The van der Waals surface area contributed by atoms with Crippen molar-refractivity contribution in [2.45, 2.75) is 0 Å². The molecule has 0 heterocycles. The number of nitrogens with zero attached hydrogens (tertiary/aromatic N) is 3. The Morgan fingerprint density at radius 2 is 2.00 bits per heavy atom. The van der Waals surface area contributed by atoms with Crippen LogP contribution in [0.4, 0.5) is 11.4 Å². The minimum Gasteiger partial charge on any atom is -0.495 e. The predicted octanol–water partition coefficient (Wildman–Crippen LogP) is 0.882. The molecule has 0 bridgehead atoms. The summed E-state index contributed by atoms with van der Waals surface area (Å²) in [6.07, 6.45) is 1.01. The zero-order chi connectivity index (χ0) is 15.2. The van der Waals surface area contributed by atoms with E-state index in [1.54, 1.807) is 18.2 Å². The van der Waals surface area contributed by atoms with Crippen LogP contribution in [-0.4, -0.2) is 27.5 Å². The molecule has 104 valence electrons. The zero-order valence-electron chi connectivity index (χ0n) is 10.7. The van der Waals surface area contributed by atoms with Gasteiger partial charge in [-0.25, -0.2) is 8.42 Å². The highest BCUT2D eigenvalue weighted by molar-refractivity contribution is 7.92. The van der Waals surface area contributed by atoms with E-state index in [-0.39, 0.29) is 11.4 Å². The highest BCUT2D eigenvalue weighted by Crippen LogP contribution is 2.28. The van der Waals surface area contributed by atoms with Crippen LogP contribution in [0.1, 0.15) is 0 Å². The van der Waals surface area contributed by atoms with Crippen LogP contribution in [-0.2, 0) is 10.0 Å². The standard InChI is InChI=1S/C11H11N5O3S/c1-19-11-4-3-8(14-15-9(6-12)7-13)5-10(11)16-20(2,17)18/h3-5,14,16H,1-2H3. The second-order valence-electron chi connectivity index (χ2n) is 3.59. The lowest BCUT2D eigenvalue weighted by atomic mass is 10.2. The van der Waals surface area contributed by atoms with Crippen LogP contribution in [0.3, 0.4) is 0 Å². The van der Waals surface area contributed by atoms with Gasteiger partial charge < -0.3 is 4.74 Å². The van der Waals surface area contributed by atoms with Gasteiger partial charge in [0, 0.05) is 0 Å². The highest BCUT2D eigenvalue weighted by atomic mass is 32.2. The van der Waals surface area contributed by atoms with E-state index in [9.17, 15) is 8.42 Å². The third kappa shape index (κ3) is 4.48. The topological polar surface area (TPSA) is 127 Å². The van der Waals surface area contributed by atoms with Gasteiger partial charge in [0.15, 0.2) is 0 Å². The summed E-state index contributed by atoms with van der Waals surface area (Å²) in [5.74, 6) is 0.325. The van der Waals surface area contributed by atoms with Gasteiger partial charge in [0.25, 0.3) is 0 Å². The van der Waals surface area contributed by atoms with Gasteiger partial charge in [-0.3, -0.25) is 10.1 Å². The maximum absolute atomic E-state index is 11.2. The number of hydrazone groups is 1. The van der Waals surface area contributed by atoms with Crippen LogP contribution >= 0.6 is 0 Å². The van der Waals surface area contributed by atoms with Crippen molar-refractivity contribution in [3.8, 4) is 17.9 Å². The average molecular weight is 293 g/mol. The molecule has 1 rings (SSSR count). The van der Waals surface area contributed by atoms with Crippen LogP contribution in [0.15, 0.2) is 23.3 Å². The van der Waals surface area contributed by atoms with Crippen molar-refractivity contribution in [3.05, 3.63) is 18.2 Å². The number of hydrogen-bond donors (Lipinski definition) is 2. The summed E-state index contributed by atoms with van der Waals surface area (Å²) in [6.45, 7) is 0. The third-order valence-electron chi connectivity index (χ3n) is 2.00. The van der Waals surface area contributed by atoms with Crippen molar-refractivity contribution < 1.29 is 13.2 Å². The summed E-state index contributed by atoms with van der Waals surface area (Å²) < 4.78 is 29.8. The molecule has 0 aliphatic heterocycles. The third-order valence-corrected chi connectivity index (χ3v) is 2.59. The molecule has 0 aromatic heterocycles. The fraction of sp³-hybridized carbons (Fsp3) is 0.182. The number of hydrogen-bond acceptors (Lipinski definition) is 7. The largest absolute Gasteiger partial charge is 0.495 e. The zero-order valence-corrected chi connectivity index (χ0v) is 11.5. The van der Waals surface area contributed by atoms with E-state index >= 15 is 0 Å². The Labute approximate surface area is 116 Å². The molecule has 20 heavy (non-hydrogen) atoms. The van der Waals surface area contributed by atoms with Gasteiger partial charge in [-0.1, -0.05) is 0 Å². The van der Waals surface area contributed by atoms with Crippen LogP contribution in [0.5, 0.6) is 5.75 Å². The number of rotatable bonds is 5. The molecule has 0 saturated carbocycles. The van der Waals surface area contributed by atoms with Gasteiger partial charge in [0.1, 0.15) is 17.9 Å². The van der Waals surface area contributed by atoms with Crippen molar-refractivity contribution in [1.29, 1.82) is 10.5 Å². The van der Waals surface area contributed by atoms with Crippen molar-refractivity contribution >= 4 is 27.1 Å². The minimum atomic E-state index is -3.47. The Morgan fingerprint density at radius 3 is 2.50 bits per heavy atom. The van der Waals surface area contributed by atoms with Crippen molar-refractivity contribution in [3.63, 3.8) is 0 Å². The Balaban J connectivity index is 3.08. The van der Waals surface area contributed by atoms with E-state index in [2.05, 4.69) is 15.2 Å². The number of anilines is 2. The van der Waals surface area contributed by atoms with Gasteiger partial charge in [-0.05, 0) is 18.2 Å². The second-order valence-corrected chi connectivity index (χ2v) is 5.33. The number of nitriles is 2. The molecule has 2 N–H and O–H groups in total. The molecule has 0 saturated heterocycles. The number of sulfonamides is 1. The van der Waals surface area contributed by atoms with Crippen molar-refractivity contribution in [2.24, 2.45) is 5.10 Å². The molecule has 0 radical (unpaired) electrons. The second kappa shape index (κ2) is 6.41. The molecule has 0 unspecified atom stereocenters. The first-order valence-electron chi connectivity index (χ1n) is 5.19. The Kier molecular flexibility index (Phi) is 4.89. The Hall–Kier alpha value is -2.78. The minimum absolute atomic E-state index is 0.214. The summed E-state index contributed by atoms with van der Waals surface area (Å²) in [5, 5.41) is 20.6. The van der Waals surface area contributed by atoms with E-state index in [1.807, 2.05) is 0 Å². The summed E-state index contributed by atoms with van der Waals surface area (Å²) in [5.41, 5.74) is 2.73. The Bertz CT molecular complexity index is 697. The van der Waals surface area contributed by atoms with Gasteiger partial charge in [-0.15, -0.1) is 0 Å².